The quantitative estimate of drug-likeness (QED) is 0.677. The summed E-state index contributed by atoms with van der Waals surface area (Å²) in [5, 5.41) is 13.5. The second-order valence-electron chi connectivity index (χ2n) is 4.75. The fourth-order valence-corrected chi connectivity index (χ4v) is 1.92. The number of rotatable bonds is 3. The third-order valence-corrected chi connectivity index (χ3v) is 3.08. The highest BCUT2D eigenvalue weighted by atomic mass is 19.4. The van der Waals surface area contributed by atoms with Gasteiger partial charge in [0.25, 0.3) is 0 Å². The number of ketones is 1. The molecule has 1 aliphatic rings. The molecule has 0 atom stereocenters. The van der Waals surface area contributed by atoms with Gasteiger partial charge in [0.2, 0.25) is 0 Å². The molecule has 1 N–H and O–H groups in total. The van der Waals surface area contributed by atoms with Crippen LogP contribution >= 0.6 is 0 Å². The Balaban J connectivity index is 2.37. The summed E-state index contributed by atoms with van der Waals surface area (Å²) in [5.41, 5.74) is -2.61. The molecule has 0 spiro atoms. The summed E-state index contributed by atoms with van der Waals surface area (Å²) in [6.45, 7) is 1.54. The number of carbonyl (C=O) groups excluding carboxylic acids is 1. The van der Waals surface area contributed by atoms with Crippen molar-refractivity contribution in [3.63, 3.8) is 0 Å². The van der Waals surface area contributed by atoms with Crippen LogP contribution in [0.1, 0.15) is 28.9 Å². The normalized spacial score (nSPS) is 18.5. The van der Waals surface area contributed by atoms with Crippen LogP contribution in [0, 0.1) is 6.92 Å². The summed E-state index contributed by atoms with van der Waals surface area (Å²) >= 11 is 0. The summed E-state index contributed by atoms with van der Waals surface area (Å²) in [7, 11) is 1.58. The van der Waals surface area contributed by atoms with Crippen LogP contribution < -0.4 is 0 Å². The zero-order chi connectivity index (χ0) is 14.4. The van der Waals surface area contributed by atoms with Crippen LogP contribution in [0.3, 0.4) is 0 Å². The number of carbonyl (C=O) groups is 1. The van der Waals surface area contributed by atoms with Gasteiger partial charge in [0.05, 0.1) is 22.4 Å². The van der Waals surface area contributed by atoms with Crippen LogP contribution in [0.4, 0.5) is 13.2 Å². The third kappa shape index (κ3) is 2.70. The molecule has 0 aliphatic heterocycles. The predicted molar refractivity (Wildman–Crippen MR) is 60.6 cm³/mol. The first-order chi connectivity index (χ1) is 8.63. The smallest absolute Gasteiger partial charge is 0.385 e. The summed E-state index contributed by atoms with van der Waals surface area (Å²) in [5.74, 6) is -0.793. The average molecular weight is 274 g/mol. The molecular formula is C12H13F3N2O2. The Hall–Kier alpha value is -1.63. The Morgan fingerprint density at radius 1 is 1.53 bits per heavy atom. The molecule has 104 valence electrons. The van der Waals surface area contributed by atoms with Crippen LogP contribution in [-0.2, 0) is 7.05 Å². The number of hydrogen-bond donors (Lipinski definition) is 1. The molecule has 1 aliphatic carbocycles. The number of nitrogens with zero attached hydrogens (tertiary/aromatic N) is 2. The van der Waals surface area contributed by atoms with Crippen molar-refractivity contribution in [1.82, 2.24) is 9.78 Å². The van der Waals surface area contributed by atoms with Gasteiger partial charge in [-0.2, -0.15) is 18.3 Å². The Morgan fingerprint density at radius 2 is 2.11 bits per heavy atom. The molecule has 1 heterocycles. The van der Waals surface area contributed by atoms with E-state index in [1.807, 2.05) is 0 Å². The molecule has 7 heteroatoms. The second-order valence-corrected chi connectivity index (χ2v) is 4.75. The Kier molecular flexibility index (Phi) is 3.04. The zero-order valence-electron chi connectivity index (χ0n) is 10.5. The third-order valence-electron chi connectivity index (χ3n) is 3.08. The maximum atomic E-state index is 12.8. The zero-order valence-corrected chi connectivity index (χ0v) is 10.5. The van der Waals surface area contributed by atoms with Crippen LogP contribution in [0.5, 0.6) is 0 Å². The van der Waals surface area contributed by atoms with Gasteiger partial charge in [0, 0.05) is 13.2 Å². The first-order valence-corrected chi connectivity index (χ1v) is 5.70. The number of alkyl halides is 3. The van der Waals surface area contributed by atoms with Crippen molar-refractivity contribution in [2.45, 2.75) is 31.5 Å². The highest BCUT2D eigenvalue weighted by Gasteiger charge is 2.55. The molecule has 0 aromatic carbocycles. The topological polar surface area (TPSA) is 55.1 Å². The van der Waals surface area contributed by atoms with E-state index in [9.17, 15) is 23.1 Å². The van der Waals surface area contributed by atoms with Crippen molar-refractivity contribution in [2.75, 3.05) is 0 Å². The Morgan fingerprint density at radius 3 is 2.47 bits per heavy atom. The van der Waals surface area contributed by atoms with Gasteiger partial charge >= 0.3 is 6.18 Å². The SMILES string of the molecule is Cc1nn(C)cc1C(=O)/C=C(/C(F)(F)F)C1(O)CC1. The Labute approximate surface area is 107 Å². The molecule has 0 unspecified atom stereocenters. The molecule has 0 saturated heterocycles. The van der Waals surface area contributed by atoms with Gasteiger partial charge in [0.15, 0.2) is 5.78 Å². The monoisotopic (exact) mass is 274 g/mol. The molecule has 19 heavy (non-hydrogen) atoms. The van der Waals surface area contributed by atoms with Crippen LogP contribution in [0.25, 0.3) is 0 Å². The van der Waals surface area contributed by atoms with Crippen molar-refractivity contribution < 1.29 is 23.1 Å². The maximum absolute atomic E-state index is 12.8. The lowest BCUT2D eigenvalue weighted by molar-refractivity contribution is -0.108. The van der Waals surface area contributed by atoms with E-state index in [2.05, 4.69) is 5.10 Å². The van der Waals surface area contributed by atoms with E-state index in [4.69, 9.17) is 0 Å². The lowest BCUT2D eigenvalue weighted by atomic mass is 10.0. The first kappa shape index (κ1) is 13.8. The van der Waals surface area contributed by atoms with Crippen molar-refractivity contribution >= 4 is 5.78 Å². The lowest BCUT2D eigenvalue weighted by Gasteiger charge is -2.16. The minimum atomic E-state index is -4.71. The van der Waals surface area contributed by atoms with E-state index in [1.54, 1.807) is 14.0 Å². The van der Waals surface area contributed by atoms with Gasteiger partial charge in [-0.3, -0.25) is 9.48 Å². The number of aryl methyl sites for hydroxylation is 2. The molecule has 2 rings (SSSR count). The van der Waals surface area contributed by atoms with E-state index in [0.717, 1.165) is 0 Å². The molecule has 1 fully saturated rings. The Bertz CT molecular complexity index is 547. The van der Waals surface area contributed by atoms with Gasteiger partial charge in [-0.1, -0.05) is 0 Å². The van der Waals surface area contributed by atoms with Crippen molar-refractivity contribution in [2.24, 2.45) is 7.05 Å². The summed E-state index contributed by atoms with van der Waals surface area (Å²) in [4.78, 5) is 11.9. The number of halogens is 3. The van der Waals surface area contributed by atoms with Crippen LogP contribution in [-0.4, -0.2) is 32.4 Å². The van der Waals surface area contributed by atoms with E-state index in [1.165, 1.54) is 10.9 Å². The minimum absolute atomic E-state index is 0.0254. The van der Waals surface area contributed by atoms with Gasteiger partial charge in [-0.05, 0) is 25.8 Å². The van der Waals surface area contributed by atoms with Gasteiger partial charge in [-0.25, -0.2) is 0 Å². The predicted octanol–water partition coefficient (Wildman–Crippen LogP) is 1.92. The molecular weight excluding hydrogens is 261 g/mol. The number of allylic oxidation sites excluding steroid dienone is 1. The largest absolute Gasteiger partial charge is 0.415 e. The van der Waals surface area contributed by atoms with Gasteiger partial charge in [0.1, 0.15) is 0 Å². The fourth-order valence-electron chi connectivity index (χ4n) is 1.92. The number of aliphatic hydroxyl groups is 1. The molecule has 1 aromatic rings. The van der Waals surface area contributed by atoms with E-state index < -0.39 is 23.1 Å². The molecule has 1 aromatic heterocycles. The standard InChI is InChI=1S/C12H13F3N2O2/c1-7-8(6-17(2)16-7)9(18)5-10(12(13,14)15)11(19)3-4-11/h5-6,19H,3-4H2,1-2H3/b10-5+. The van der Waals surface area contributed by atoms with Crippen LogP contribution in [0.15, 0.2) is 17.8 Å². The molecule has 4 nitrogen and oxygen atoms in total. The number of aromatic nitrogens is 2. The fraction of sp³-hybridized carbons (Fsp3) is 0.500. The molecule has 0 radical (unpaired) electrons. The summed E-state index contributed by atoms with van der Waals surface area (Å²) < 4.78 is 39.9. The molecule has 0 amide bonds. The van der Waals surface area contributed by atoms with E-state index >= 15 is 0 Å². The highest BCUT2D eigenvalue weighted by molar-refractivity contribution is 6.05. The van der Waals surface area contributed by atoms with E-state index in [0.29, 0.717) is 11.8 Å². The minimum Gasteiger partial charge on any atom is -0.385 e. The van der Waals surface area contributed by atoms with Crippen molar-refractivity contribution in [3.8, 4) is 0 Å². The summed E-state index contributed by atoms with van der Waals surface area (Å²) in [6, 6.07) is 0. The van der Waals surface area contributed by atoms with Crippen LogP contribution in [0.2, 0.25) is 0 Å². The van der Waals surface area contributed by atoms with Crippen molar-refractivity contribution in [3.05, 3.63) is 29.1 Å². The number of hydrogen-bond acceptors (Lipinski definition) is 3. The highest BCUT2D eigenvalue weighted by Crippen LogP contribution is 2.48. The van der Waals surface area contributed by atoms with Gasteiger partial charge in [-0.15, -0.1) is 0 Å². The molecule has 1 saturated carbocycles. The maximum Gasteiger partial charge on any atom is 0.415 e. The second kappa shape index (κ2) is 4.19. The first-order valence-electron chi connectivity index (χ1n) is 5.70. The summed E-state index contributed by atoms with van der Waals surface area (Å²) in [6.07, 6.45) is -2.82. The molecule has 0 bridgehead atoms. The van der Waals surface area contributed by atoms with E-state index in [-0.39, 0.29) is 18.4 Å². The van der Waals surface area contributed by atoms with Gasteiger partial charge < -0.3 is 5.11 Å². The average Bonchev–Trinajstić information content (AvgIpc) is 2.90. The lowest BCUT2D eigenvalue weighted by Crippen LogP contribution is -2.26. The van der Waals surface area contributed by atoms with Crippen molar-refractivity contribution in [1.29, 1.82) is 0 Å².